The van der Waals surface area contributed by atoms with Gasteiger partial charge in [-0.2, -0.15) is 0 Å². The average Bonchev–Trinajstić information content (AvgIpc) is 3.31. The van der Waals surface area contributed by atoms with Crippen LogP contribution in [-0.2, 0) is 9.59 Å². The third kappa shape index (κ3) is 4.54. The Labute approximate surface area is 186 Å². The molecule has 0 atom stereocenters. The number of thioether (sulfide) groups is 1. The van der Waals surface area contributed by atoms with Crippen molar-refractivity contribution in [2.24, 2.45) is 0 Å². The summed E-state index contributed by atoms with van der Waals surface area (Å²) in [5.74, 6) is -0.867. The van der Waals surface area contributed by atoms with Gasteiger partial charge in [0.05, 0.1) is 10.9 Å². The number of para-hydroxylation sites is 1. The van der Waals surface area contributed by atoms with E-state index in [4.69, 9.17) is 21.7 Å². The zero-order valence-electron chi connectivity index (χ0n) is 16.0. The Kier molecular flexibility index (Phi) is 5.92. The number of thiocarbonyl (C=S) groups is 1. The van der Waals surface area contributed by atoms with Crippen LogP contribution in [0.25, 0.3) is 6.08 Å². The number of carboxylic acid groups (broad SMARTS) is 1. The summed E-state index contributed by atoms with van der Waals surface area (Å²) in [7, 11) is 0. The summed E-state index contributed by atoms with van der Waals surface area (Å²) in [6, 6.07) is 11.3. The number of nitrogens with one attached hydrogen (secondary N) is 1. The van der Waals surface area contributed by atoms with Crippen molar-refractivity contribution in [1.29, 1.82) is 0 Å². The lowest BCUT2D eigenvalue weighted by Crippen LogP contribution is -2.32. The summed E-state index contributed by atoms with van der Waals surface area (Å²) >= 11 is 6.44. The Bertz CT molecular complexity index is 1130. The fourth-order valence-corrected chi connectivity index (χ4v) is 4.35. The largest absolute Gasteiger partial charge is 0.545 e. The molecule has 2 aliphatic heterocycles. The third-order valence-corrected chi connectivity index (χ3v) is 5.93. The van der Waals surface area contributed by atoms with E-state index < -0.39 is 11.9 Å². The van der Waals surface area contributed by atoms with E-state index in [0.29, 0.717) is 20.7 Å². The molecule has 0 unspecified atom stereocenters. The lowest BCUT2D eigenvalue weighted by Gasteiger charge is -2.15. The summed E-state index contributed by atoms with van der Waals surface area (Å²) < 4.78 is 11.0. The van der Waals surface area contributed by atoms with Gasteiger partial charge in [-0.05, 0) is 29.8 Å². The van der Waals surface area contributed by atoms with Crippen LogP contribution < -0.4 is 19.9 Å². The molecule has 1 fully saturated rings. The molecule has 8 nitrogen and oxygen atoms in total. The zero-order chi connectivity index (χ0) is 22.0. The number of fused-ring (bicyclic) bond motifs is 1. The highest BCUT2D eigenvalue weighted by atomic mass is 32.2. The molecule has 1 N–H and O–H groups in total. The van der Waals surface area contributed by atoms with Gasteiger partial charge in [0.1, 0.15) is 4.32 Å². The van der Waals surface area contributed by atoms with Crippen LogP contribution in [0.1, 0.15) is 22.3 Å². The Hall–Kier alpha value is -3.37. The van der Waals surface area contributed by atoms with Gasteiger partial charge in [0.15, 0.2) is 11.5 Å². The molecule has 4 rings (SSSR count). The van der Waals surface area contributed by atoms with Crippen LogP contribution in [0, 0.1) is 0 Å². The number of benzene rings is 2. The Morgan fingerprint density at radius 3 is 2.77 bits per heavy atom. The number of hydrogen-bond donors (Lipinski definition) is 1. The second-order valence-corrected chi connectivity index (χ2v) is 8.25. The fraction of sp³-hybridized carbons (Fsp3) is 0.143. The maximum Gasteiger partial charge on any atom is 0.266 e. The number of carboxylic acids is 1. The van der Waals surface area contributed by atoms with E-state index >= 15 is 0 Å². The summed E-state index contributed by atoms with van der Waals surface area (Å²) in [5, 5.41) is 13.7. The number of anilines is 1. The molecule has 0 spiro atoms. The molecule has 2 aliphatic rings. The van der Waals surface area contributed by atoms with Crippen molar-refractivity contribution in [2.45, 2.75) is 6.42 Å². The van der Waals surface area contributed by atoms with Gasteiger partial charge in [0, 0.05) is 24.2 Å². The summed E-state index contributed by atoms with van der Waals surface area (Å²) in [4.78, 5) is 38.0. The van der Waals surface area contributed by atoms with E-state index in [-0.39, 0.29) is 36.9 Å². The number of aromatic carboxylic acids is 1. The second-order valence-electron chi connectivity index (χ2n) is 6.58. The number of carbonyl (C=O) groups excluding carboxylic acids is 3. The lowest BCUT2D eigenvalue weighted by atomic mass is 10.1. The molecule has 2 aromatic rings. The van der Waals surface area contributed by atoms with Crippen LogP contribution in [0.5, 0.6) is 11.5 Å². The first-order valence-electron chi connectivity index (χ1n) is 9.17. The first-order valence-corrected chi connectivity index (χ1v) is 10.4. The minimum absolute atomic E-state index is 0.0505. The number of amides is 2. The zero-order valence-corrected chi connectivity index (χ0v) is 17.6. The van der Waals surface area contributed by atoms with Gasteiger partial charge < -0.3 is 24.7 Å². The molecule has 2 aromatic carbocycles. The fourth-order valence-electron chi connectivity index (χ4n) is 3.04. The Morgan fingerprint density at radius 1 is 1.19 bits per heavy atom. The number of ether oxygens (including phenoxy) is 2. The maximum atomic E-state index is 12.7. The van der Waals surface area contributed by atoms with Gasteiger partial charge in [-0.1, -0.05) is 48.2 Å². The smallest absolute Gasteiger partial charge is 0.266 e. The molecule has 10 heteroatoms. The minimum atomic E-state index is -1.39. The normalized spacial score (nSPS) is 16.1. The molecular weight excluding hydrogens is 440 g/mol. The predicted octanol–water partition coefficient (Wildman–Crippen LogP) is 2.01. The number of carbonyl (C=O) groups is 3. The molecule has 31 heavy (non-hydrogen) atoms. The van der Waals surface area contributed by atoms with E-state index in [2.05, 4.69) is 5.32 Å². The Morgan fingerprint density at radius 2 is 1.97 bits per heavy atom. The van der Waals surface area contributed by atoms with Gasteiger partial charge in [0.2, 0.25) is 12.7 Å². The highest BCUT2D eigenvalue weighted by Gasteiger charge is 2.32. The molecule has 1 saturated heterocycles. The van der Waals surface area contributed by atoms with E-state index in [1.54, 1.807) is 24.3 Å². The summed E-state index contributed by atoms with van der Waals surface area (Å²) in [6.45, 7) is 0.235. The van der Waals surface area contributed by atoms with Gasteiger partial charge >= 0.3 is 0 Å². The van der Waals surface area contributed by atoms with Crippen molar-refractivity contribution in [3.05, 3.63) is 58.5 Å². The van der Waals surface area contributed by atoms with Crippen LogP contribution in [-0.4, -0.2) is 40.3 Å². The SMILES string of the molecule is O=C(CCN1C(=O)C(=Cc2ccc3c(c2)OCO3)SC1=S)Nc1ccccc1C(=O)[O-]. The topological polar surface area (TPSA) is 108 Å². The molecular formula is C21H15N2O6S2-. The summed E-state index contributed by atoms with van der Waals surface area (Å²) in [5.41, 5.74) is 0.787. The third-order valence-electron chi connectivity index (χ3n) is 4.55. The number of rotatable bonds is 6. The van der Waals surface area contributed by atoms with Crippen molar-refractivity contribution in [1.82, 2.24) is 4.90 Å². The Balaban J connectivity index is 1.39. The predicted molar refractivity (Wildman–Crippen MR) is 116 cm³/mol. The molecule has 2 amide bonds. The van der Waals surface area contributed by atoms with Crippen molar-refractivity contribution in [2.75, 3.05) is 18.7 Å². The second kappa shape index (κ2) is 8.78. The minimum Gasteiger partial charge on any atom is -0.545 e. The van der Waals surface area contributed by atoms with Crippen molar-refractivity contribution < 1.29 is 29.0 Å². The van der Waals surface area contributed by atoms with E-state index in [1.807, 2.05) is 6.07 Å². The maximum absolute atomic E-state index is 12.7. The molecule has 0 bridgehead atoms. The first-order chi connectivity index (χ1) is 14.9. The van der Waals surface area contributed by atoms with Crippen LogP contribution in [0.2, 0.25) is 0 Å². The average molecular weight is 455 g/mol. The van der Waals surface area contributed by atoms with Gasteiger partial charge in [0.25, 0.3) is 5.91 Å². The molecule has 0 saturated carbocycles. The van der Waals surface area contributed by atoms with Crippen molar-refractivity contribution >= 4 is 57.8 Å². The molecule has 0 aromatic heterocycles. The molecule has 0 aliphatic carbocycles. The monoisotopic (exact) mass is 455 g/mol. The van der Waals surface area contributed by atoms with Crippen LogP contribution in [0.3, 0.4) is 0 Å². The van der Waals surface area contributed by atoms with Crippen LogP contribution in [0.4, 0.5) is 5.69 Å². The molecule has 0 radical (unpaired) electrons. The number of hydrogen-bond acceptors (Lipinski definition) is 8. The van der Waals surface area contributed by atoms with E-state index in [1.165, 1.54) is 23.1 Å². The first kappa shape index (κ1) is 20.9. The van der Waals surface area contributed by atoms with E-state index in [9.17, 15) is 19.5 Å². The molecule has 158 valence electrons. The van der Waals surface area contributed by atoms with Crippen LogP contribution >= 0.6 is 24.0 Å². The van der Waals surface area contributed by atoms with E-state index in [0.717, 1.165) is 17.3 Å². The molecule has 2 heterocycles. The van der Waals surface area contributed by atoms with Gasteiger partial charge in [-0.15, -0.1) is 0 Å². The van der Waals surface area contributed by atoms with Crippen molar-refractivity contribution in [3.8, 4) is 11.5 Å². The highest BCUT2D eigenvalue weighted by Crippen LogP contribution is 2.36. The van der Waals surface area contributed by atoms with Gasteiger partial charge in [-0.25, -0.2) is 0 Å². The van der Waals surface area contributed by atoms with Crippen molar-refractivity contribution in [3.63, 3.8) is 0 Å². The summed E-state index contributed by atoms with van der Waals surface area (Å²) in [6.07, 6.45) is 1.66. The van der Waals surface area contributed by atoms with Crippen LogP contribution in [0.15, 0.2) is 47.4 Å². The number of nitrogens with zero attached hydrogens (tertiary/aromatic N) is 1. The van der Waals surface area contributed by atoms with Gasteiger partial charge in [-0.3, -0.25) is 14.5 Å². The highest BCUT2D eigenvalue weighted by molar-refractivity contribution is 8.26. The lowest BCUT2D eigenvalue weighted by molar-refractivity contribution is -0.254. The quantitative estimate of drug-likeness (QED) is 0.521. The standard InChI is InChI=1S/C21H16N2O6S2/c24-18(22-14-4-2-1-3-13(14)20(26)27)7-8-23-19(25)17(31-21(23)30)10-12-5-6-15-16(9-12)29-11-28-15/h1-6,9-10H,7-8,11H2,(H,22,24)(H,26,27)/p-1.